The van der Waals surface area contributed by atoms with Gasteiger partial charge in [-0.1, -0.05) is 6.07 Å². The number of rotatable bonds is 2. The number of aromatic nitrogens is 1. The average Bonchev–Trinajstić information content (AvgIpc) is 2.57. The minimum atomic E-state index is 0.0334. The second-order valence-corrected chi connectivity index (χ2v) is 4.97. The molecule has 5 heteroatoms. The molecule has 3 N–H and O–H groups in total. The monoisotopic (exact) mass is 236 g/mol. The fourth-order valence-corrected chi connectivity index (χ4v) is 2.61. The highest BCUT2D eigenvalue weighted by atomic mass is 32.2. The van der Waals surface area contributed by atoms with E-state index in [1.54, 1.807) is 6.07 Å². The lowest BCUT2D eigenvalue weighted by molar-refractivity contribution is 0.801. The van der Waals surface area contributed by atoms with Gasteiger partial charge in [0.1, 0.15) is 17.3 Å². The van der Waals surface area contributed by atoms with Crippen LogP contribution in [0.5, 0.6) is 0 Å². The zero-order valence-corrected chi connectivity index (χ0v) is 9.96. The fourth-order valence-electron chi connectivity index (χ4n) is 1.72. The molecular weight excluding hydrogens is 220 g/mol. The maximum atomic E-state index is 7.38. The van der Waals surface area contributed by atoms with E-state index in [9.17, 15) is 0 Å². The Morgan fingerprint density at radius 2 is 2.25 bits per heavy atom. The minimum Gasteiger partial charge on any atom is -0.382 e. The van der Waals surface area contributed by atoms with Crippen LogP contribution in [0.4, 0.5) is 5.82 Å². The number of hydrogen-bond acceptors (Lipinski definition) is 4. The Bertz CT molecular complexity index is 372. The lowest BCUT2D eigenvalue weighted by Gasteiger charge is -2.21. The Labute approximate surface area is 99.7 Å². The first-order chi connectivity index (χ1) is 7.77. The summed E-state index contributed by atoms with van der Waals surface area (Å²) in [5, 5.41) is 7.38. The maximum Gasteiger partial charge on any atom is 0.141 e. The summed E-state index contributed by atoms with van der Waals surface area (Å²) in [6, 6.07) is 5.68. The average molecular weight is 236 g/mol. The number of amidine groups is 1. The van der Waals surface area contributed by atoms with Crippen LogP contribution in [-0.2, 0) is 0 Å². The highest BCUT2D eigenvalue weighted by molar-refractivity contribution is 7.99. The summed E-state index contributed by atoms with van der Waals surface area (Å²) in [5.74, 6) is 3.34. The van der Waals surface area contributed by atoms with Crippen molar-refractivity contribution in [3.63, 3.8) is 0 Å². The third kappa shape index (κ3) is 2.66. The van der Waals surface area contributed by atoms with Crippen LogP contribution in [0.1, 0.15) is 12.1 Å². The van der Waals surface area contributed by atoms with E-state index in [-0.39, 0.29) is 5.84 Å². The van der Waals surface area contributed by atoms with E-state index in [4.69, 9.17) is 11.1 Å². The van der Waals surface area contributed by atoms with Crippen LogP contribution in [0.3, 0.4) is 0 Å². The molecule has 1 aliphatic rings. The summed E-state index contributed by atoms with van der Waals surface area (Å²) in [7, 11) is 0. The number of nitrogen functional groups attached to an aromatic ring is 1. The molecule has 86 valence electrons. The number of nitrogens with zero attached hydrogens (tertiary/aromatic N) is 2. The molecule has 0 spiro atoms. The largest absolute Gasteiger partial charge is 0.382 e. The van der Waals surface area contributed by atoms with Gasteiger partial charge in [0.15, 0.2) is 0 Å². The summed E-state index contributed by atoms with van der Waals surface area (Å²) >= 11 is 1.99. The summed E-state index contributed by atoms with van der Waals surface area (Å²) in [6.07, 6.45) is 1.19. The van der Waals surface area contributed by atoms with Gasteiger partial charge in [-0.05, 0) is 24.3 Å². The second kappa shape index (κ2) is 5.21. The molecule has 0 radical (unpaired) electrons. The van der Waals surface area contributed by atoms with Crippen LogP contribution in [0.25, 0.3) is 0 Å². The third-order valence-electron chi connectivity index (χ3n) is 2.56. The lowest BCUT2D eigenvalue weighted by Crippen LogP contribution is -2.27. The van der Waals surface area contributed by atoms with Crippen LogP contribution in [-0.4, -0.2) is 35.4 Å². The van der Waals surface area contributed by atoms with E-state index >= 15 is 0 Å². The van der Waals surface area contributed by atoms with Gasteiger partial charge in [-0.2, -0.15) is 11.8 Å². The van der Waals surface area contributed by atoms with Crippen molar-refractivity contribution in [2.75, 3.05) is 29.5 Å². The Balaban J connectivity index is 2.18. The number of hydrogen-bond donors (Lipinski definition) is 2. The van der Waals surface area contributed by atoms with Crippen molar-refractivity contribution < 1.29 is 0 Å². The smallest absolute Gasteiger partial charge is 0.141 e. The first kappa shape index (κ1) is 11.3. The van der Waals surface area contributed by atoms with Gasteiger partial charge in [-0.3, -0.25) is 5.41 Å². The maximum absolute atomic E-state index is 7.38. The van der Waals surface area contributed by atoms with Crippen LogP contribution in [0, 0.1) is 5.41 Å². The molecule has 2 rings (SSSR count). The van der Waals surface area contributed by atoms with Crippen molar-refractivity contribution in [2.24, 2.45) is 5.73 Å². The van der Waals surface area contributed by atoms with E-state index in [0.717, 1.165) is 24.7 Å². The normalized spacial score (nSPS) is 16.9. The Morgan fingerprint density at radius 1 is 1.38 bits per heavy atom. The SMILES string of the molecule is N=C(N)c1cccc(N2CCCSCC2)n1. The standard InChI is InChI=1S/C11H16N4S/c12-11(13)9-3-1-4-10(14-9)15-5-2-7-16-8-6-15/h1,3-4H,2,5-8H2,(H3,12,13). The molecule has 2 heterocycles. The number of pyridine rings is 1. The number of anilines is 1. The summed E-state index contributed by atoms with van der Waals surface area (Å²) in [5.41, 5.74) is 6.01. The van der Waals surface area contributed by atoms with Crippen molar-refractivity contribution in [1.82, 2.24) is 4.98 Å². The van der Waals surface area contributed by atoms with Gasteiger partial charge in [0.25, 0.3) is 0 Å². The van der Waals surface area contributed by atoms with Crippen molar-refractivity contribution >= 4 is 23.4 Å². The van der Waals surface area contributed by atoms with Crippen molar-refractivity contribution in [3.05, 3.63) is 23.9 Å². The third-order valence-corrected chi connectivity index (χ3v) is 3.61. The van der Waals surface area contributed by atoms with Crippen LogP contribution in [0.15, 0.2) is 18.2 Å². The quantitative estimate of drug-likeness (QED) is 0.600. The zero-order chi connectivity index (χ0) is 11.4. The minimum absolute atomic E-state index is 0.0334. The van der Waals surface area contributed by atoms with Crippen molar-refractivity contribution in [2.45, 2.75) is 6.42 Å². The molecule has 0 aliphatic carbocycles. The van der Waals surface area contributed by atoms with Gasteiger partial charge in [0.2, 0.25) is 0 Å². The molecule has 0 unspecified atom stereocenters. The summed E-state index contributed by atoms with van der Waals surface area (Å²) in [4.78, 5) is 6.68. The van der Waals surface area contributed by atoms with Gasteiger partial charge in [0, 0.05) is 18.8 Å². The number of nitrogens with one attached hydrogen (secondary N) is 1. The van der Waals surface area contributed by atoms with Crippen molar-refractivity contribution in [3.8, 4) is 0 Å². The number of nitrogens with two attached hydrogens (primary N) is 1. The van der Waals surface area contributed by atoms with Crippen LogP contribution < -0.4 is 10.6 Å². The molecule has 16 heavy (non-hydrogen) atoms. The Hall–Kier alpha value is -1.23. The van der Waals surface area contributed by atoms with E-state index in [2.05, 4.69) is 9.88 Å². The molecule has 0 aromatic carbocycles. The van der Waals surface area contributed by atoms with E-state index in [1.807, 2.05) is 23.9 Å². The highest BCUT2D eigenvalue weighted by Crippen LogP contribution is 2.17. The van der Waals surface area contributed by atoms with E-state index in [1.165, 1.54) is 12.2 Å². The second-order valence-electron chi connectivity index (χ2n) is 3.75. The van der Waals surface area contributed by atoms with Crippen LogP contribution >= 0.6 is 11.8 Å². The van der Waals surface area contributed by atoms with E-state index in [0.29, 0.717) is 5.69 Å². The van der Waals surface area contributed by atoms with E-state index < -0.39 is 0 Å². The molecule has 1 aliphatic heterocycles. The summed E-state index contributed by atoms with van der Waals surface area (Å²) in [6.45, 7) is 2.07. The molecule has 0 saturated carbocycles. The number of thioether (sulfide) groups is 1. The molecule has 0 bridgehead atoms. The predicted molar refractivity (Wildman–Crippen MR) is 69.4 cm³/mol. The molecule has 4 nitrogen and oxygen atoms in total. The van der Waals surface area contributed by atoms with Gasteiger partial charge in [-0.15, -0.1) is 0 Å². The molecule has 1 fully saturated rings. The first-order valence-corrected chi connectivity index (χ1v) is 6.57. The van der Waals surface area contributed by atoms with Crippen molar-refractivity contribution in [1.29, 1.82) is 5.41 Å². The van der Waals surface area contributed by atoms with Gasteiger partial charge < -0.3 is 10.6 Å². The molecule has 0 atom stereocenters. The van der Waals surface area contributed by atoms with Gasteiger partial charge in [-0.25, -0.2) is 4.98 Å². The van der Waals surface area contributed by atoms with Gasteiger partial charge >= 0.3 is 0 Å². The van der Waals surface area contributed by atoms with Crippen LogP contribution in [0.2, 0.25) is 0 Å². The first-order valence-electron chi connectivity index (χ1n) is 5.41. The Morgan fingerprint density at radius 3 is 3.06 bits per heavy atom. The fraction of sp³-hybridized carbons (Fsp3) is 0.455. The topological polar surface area (TPSA) is 66.0 Å². The zero-order valence-electron chi connectivity index (χ0n) is 9.15. The molecule has 1 aromatic rings. The Kier molecular flexibility index (Phi) is 3.66. The molecular formula is C11H16N4S. The highest BCUT2D eigenvalue weighted by Gasteiger charge is 2.11. The van der Waals surface area contributed by atoms with Gasteiger partial charge in [0.05, 0.1) is 0 Å². The molecule has 0 amide bonds. The summed E-state index contributed by atoms with van der Waals surface area (Å²) < 4.78 is 0. The molecule has 1 saturated heterocycles. The predicted octanol–water partition coefficient (Wildman–Crippen LogP) is 1.31. The molecule has 1 aromatic heterocycles. The lowest BCUT2D eigenvalue weighted by atomic mass is 10.3.